The standard InChI is InChI=1S/C10H11N3O3/c11-8-6(3-4-14)10(15)13-9(12-8)7-2-1-5-16-7/h1-2,5,14H,3-4H2,(H3,11,12,13,15). The van der Waals surface area contributed by atoms with E-state index in [1.807, 2.05) is 0 Å². The van der Waals surface area contributed by atoms with Crippen LogP contribution in [0.1, 0.15) is 5.56 Å². The molecule has 4 N–H and O–H groups in total. The molecule has 2 heterocycles. The lowest BCUT2D eigenvalue weighted by atomic mass is 10.2. The van der Waals surface area contributed by atoms with Crippen molar-refractivity contribution in [3.63, 3.8) is 0 Å². The lowest BCUT2D eigenvalue weighted by Gasteiger charge is -2.03. The minimum Gasteiger partial charge on any atom is -0.461 e. The van der Waals surface area contributed by atoms with Crippen molar-refractivity contribution < 1.29 is 9.52 Å². The molecule has 0 spiro atoms. The van der Waals surface area contributed by atoms with Gasteiger partial charge in [0.05, 0.1) is 11.8 Å². The van der Waals surface area contributed by atoms with Crippen LogP contribution in [-0.4, -0.2) is 21.7 Å². The van der Waals surface area contributed by atoms with E-state index in [9.17, 15) is 4.79 Å². The zero-order valence-corrected chi connectivity index (χ0v) is 8.43. The van der Waals surface area contributed by atoms with E-state index in [0.717, 1.165) is 0 Å². The molecule has 0 aliphatic rings. The number of nitrogen functional groups attached to an aromatic ring is 1. The number of nitrogens with one attached hydrogen (secondary N) is 1. The van der Waals surface area contributed by atoms with Crippen LogP contribution >= 0.6 is 0 Å². The molecule has 0 atom stereocenters. The van der Waals surface area contributed by atoms with Crippen LogP contribution < -0.4 is 11.3 Å². The monoisotopic (exact) mass is 221 g/mol. The molecule has 0 unspecified atom stereocenters. The molecule has 0 fully saturated rings. The van der Waals surface area contributed by atoms with Crippen LogP contribution in [0.15, 0.2) is 27.6 Å². The molecular weight excluding hydrogens is 210 g/mol. The van der Waals surface area contributed by atoms with Gasteiger partial charge in [0.2, 0.25) is 0 Å². The number of hydrogen-bond donors (Lipinski definition) is 3. The third kappa shape index (κ3) is 1.82. The Balaban J connectivity index is 2.49. The number of rotatable bonds is 3. The average molecular weight is 221 g/mol. The number of nitrogens with two attached hydrogens (primary N) is 1. The van der Waals surface area contributed by atoms with Gasteiger partial charge in [-0.25, -0.2) is 4.98 Å². The maximum atomic E-state index is 11.6. The highest BCUT2D eigenvalue weighted by Crippen LogP contribution is 2.15. The number of anilines is 1. The summed E-state index contributed by atoms with van der Waals surface area (Å²) in [5.41, 5.74) is 5.57. The largest absolute Gasteiger partial charge is 0.461 e. The van der Waals surface area contributed by atoms with E-state index >= 15 is 0 Å². The molecule has 0 saturated heterocycles. The lowest BCUT2D eigenvalue weighted by Crippen LogP contribution is -2.19. The Labute approximate surface area is 90.7 Å². The molecular formula is C10H11N3O3. The van der Waals surface area contributed by atoms with Crippen LogP contribution in [0.4, 0.5) is 5.82 Å². The summed E-state index contributed by atoms with van der Waals surface area (Å²) in [7, 11) is 0. The van der Waals surface area contributed by atoms with Crippen molar-refractivity contribution in [2.45, 2.75) is 6.42 Å². The van der Waals surface area contributed by atoms with Gasteiger partial charge in [-0.3, -0.25) is 4.79 Å². The first-order valence-electron chi connectivity index (χ1n) is 4.75. The van der Waals surface area contributed by atoms with Gasteiger partial charge in [0.1, 0.15) is 5.82 Å². The first kappa shape index (κ1) is 10.4. The lowest BCUT2D eigenvalue weighted by molar-refractivity contribution is 0.299. The van der Waals surface area contributed by atoms with Gasteiger partial charge in [-0.05, 0) is 12.1 Å². The molecule has 2 rings (SSSR count). The van der Waals surface area contributed by atoms with Crippen LogP contribution in [-0.2, 0) is 6.42 Å². The van der Waals surface area contributed by atoms with Crippen LogP contribution in [0.25, 0.3) is 11.6 Å². The summed E-state index contributed by atoms with van der Waals surface area (Å²) in [5, 5.41) is 8.77. The van der Waals surface area contributed by atoms with Crippen molar-refractivity contribution in [1.29, 1.82) is 0 Å². The Morgan fingerprint density at radius 3 is 2.94 bits per heavy atom. The Kier molecular flexibility index (Phi) is 2.74. The zero-order chi connectivity index (χ0) is 11.5. The molecule has 2 aromatic rings. The molecule has 0 saturated carbocycles. The molecule has 0 aromatic carbocycles. The number of hydrogen-bond acceptors (Lipinski definition) is 5. The third-order valence-electron chi connectivity index (χ3n) is 2.16. The van der Waals surface area contributed by atoms with E-state index in [0.29, 0.717) is 5.76 Å². The fourth-order valence-corrected chi connectivity index (χ4v) is 1.40. The number of aliphatic hydroxyl groups is 1. The Hall–Kier alpha value is -2.08. The zero-order valence-electron chi connectivity index (χ0n) is 8.43. The van der Waals surface area contributed by atoms with E-state index in [2.05, 4.69) is 9.97 Å². The fourth-order valence-electron chi connectivity index (χ4n) is 1.40. The number of aromatic amines is 1. The molecule has 0 aliphatic carbocycles. The predicted octanol–water partition coefficient (Wildman–Crippen LogP) is 0.147. The van der Waals surface area contributed by atoms with E-state index < -0.39 is 0 Å². The fraction of sp³-hybridized carbons (Fsp3) is 0.200. The first-order valence-corrected chi connectivity index (χ1v) is 4.75. The maximum Gasteiger partial charge on any atom is 0.256 e. The van der Waals surface area contributed by atoms with Crippen molar-refractivity contribution in [2.75, 3.05) is 12.3 Å². The quantitative estimate of drug-likeness (QED) is 0.684. The second-order valence-electron chi connectivity index (χ2n) is 3.23. The smallest absolute Gasteiger partial charge is 0.256 e. The molecule has 0 amide bonds. The molecule has 0 radical (unpaired) electrons. The minimum atomic E-state index is -0.354. The summed E-state index contributed by atoms with van der Waals surface area (Å²) in [6.07, 6.45) is 1.67. The Morgan fingerprint density at radius 2 is 2.38 bits per heavy atom. The average Bonchev–Trinajstić information content (AvgIpc) is 2.76. The third-order valence-corrected chi connectivity index (χ3v) is 2.16. The Morgan fingerprint density at radius 1 is 1.56 bits per heavy atom. The number of aliphatic hydroxyl groups excluding tert-OH is 1. The molecule has 2 aromatic heterocycles. The second kappa shape index (κ2) is 4.19. The number of nitrogens with zero attached hydrogens (tertiary/aromatic N) is 1. The van der Waals surface area contributed by atoms with Crippen molar-refractivity contribution in [1.82, 2.24) is 9.97 Å². The molecule has 6 nitrogen and oxygen atoms in total. The summed E-state index contributed by atoms with van der Waals surface area (Å²) >= 11 is 0. The van der Waals surface area contributed by atoms with Gasteiger partial charge >= 0.3 is 0 Å². The Bertz CT molecular complexity index is 531. The van der Waals surface area contributed by atoms with Gasteiger partial charge < -0.3 is 20.2 Å². The normalized spacial score (nSPS) is 10.6. The summed E-state index contributed by atoms with van der Waals surface area (Å²) < 4.78 is 5.09. The van der Waals surface area contributed by atoms with E-state index in [1.54, 1.807) is 12.1 Å². The first-order chi connectivity index (χ1) is 7.72. The van der Waals surface area contributed by atoms with E-state index in [1.165, 1.54) is 6.26 Å². The van der Waals surface area contributed by atoms with Gasteiger partial charge in [-0.2, -0.15) is 0 Å². The van der Waals surface area contributed by atoms with Crippen molar-refractivity contribution >= 4 is 5.82 Å². The van der Waals surface area contributed by atoms with E-state index in [-0.39, 0.29) is 35.8 Å². The highest BCUT2D eigenvalue weighted by atomic mass is 16.3. The topological polar surface area (TPSA) is 105 Å². The molecule has 16 heavy (non-hydrogen) atoms. The summed E-state index contributed by atoms with van der Waals surface area (Å²) in [6.45, 7) is -0.144. The van der Waals surface area contributed by atoms with Crippen LogP contribution in [0.2, 0.25) is 0 Å². The predicted molar refractivity (Wildman–Crippen MR) is 57.8 cm³/mol. The van der Waals surface area contributed by atoms with Crippen LogP contribution in [0, 0.1) is 0 Å². The van der Waals surface area contributed by atoms with Gasteiger partial charge in [-0.15, -0.1) is 0 Å². The van der Waals surface area contributed by atoms with Gasteiger partial charge in [0.25, 0.3) is 5.56 Å². The van der Waals surface area contributed by atoms with Gasteiger partial charge in [0, 0.05) is 13.0 Å². The highest BCUT2D eigenvalue weighted by Gasteiger charge is 2.10. The summed E-state index contributed by atoms with van der Waals surface area (Å²) in [5.74, 6) is 0.845. The van der Waals surface area contributed by atoms with Crippen molar-refractivity contribution in [3.8, 4) is 11.6 Å². The molecule has 0 bridgehead atoms. The second-order valence-corrected chi connectivity index (χ2v) is 3.23. The minimum absolute atomic E-state index is 0.115. The number of aromatic nitrogens is 2. The molecule has 6 heteroatoms. The maximum absolute atomic E-state index is 11.6. The summed E-state index contributed by atoms with van der Waals surface area (Å²) in [6, 6.07) is 3.36. The summed E-state index contributed by atoms with van der Waals surface area (Å²) in [4.78, 5) is 18.2. The van der Waals surface area contributed by atoms with Gasteiger partial charge in [0.15, 0.2) is 11.6 Å². The van der Waals surface area contributed by atoms with E-state index in [4.69, 9.17) is 15.3 Å². The van der Waals surface area contributed by atoms with Crippen LogP contribution in [0.3, 0.4) is 0 Å². The SMILES string of the molecule is Nc1nc(-c2ccco2)[nH]c(=O)c1CCO. The number of H-pyrrole nitrogens is 1. The van der Waals surface area contributed by atoms with Crippen LogP contribution in [0.5, 0.6) is 0 Å². The molecule has 84 valence electrons. The highest BCUT2D eigenvalue weighted by molar-refractivity contribution is 5.51. The number of furan rings is 1. The molecule has 0 aliphatic heterocycles. The van der Waals surface area contributed by atoms with Crippen molar-refractivity contribution in [2.24, 2.45) is 0 Å². The van der Waals surface area contributed by atoms with Gasteiger partial charge in [-0.1, -0.05) is 0 Å². The van der Waals surface area contributed by atoms with Crippen molar-refractivity contribution in [3.05, 3.63) is 34.3 Å².